The molecule has 0 bridgehead atoms. The summed E-state index contributed by atoms with van der Waals surface area (Å²) in [4.78, 5) is 6.71. The van der Waals surface area contributed by atoms with Gasteiger partial charge in [0.15, 0.2) is 5.96 Å². The van der Waals surface area contributed by atoms with Crippen molar-refractivity contribution in [1.29, 1.82) is 0 Å². The van der Waals surface area contributed by atoms with E-state index in [-0.39, 0.29) is 24.0 Å². The Balaban J connectivity index is 0.00000441. The molecule has 0 spiro atoms. The van der Waals surface area contributed by atoms with E-state index in [1.54, 1.807) is 0 Å². The monoisotopic (exact) mass is 439 g/mol. The highest BCUT2D eigenvalue weighted by molar-refractivity contribution is 14.0. The van der Waals surface area contributed by atoms with Gasteiger partial charge in [-0.25, -0.2) is 0 Å². The Bertz CT molecular complexity index is 443. The third kappa shape index (κ3) is 8.19. The van der Waals surface area contributed by atoms with Gasteiger partial charge in [0.2, 0.25) is 0 Å². The molecule has 0 fully saturated rings. The predicted molar refractivity (Wildman–Crippen MR) is 105 cm³/mol. The van der Waals surface area contributed by atoms with Crippen molar-refractivity contribution in [3.05, 3.63) is 34.9 Å². The smallest absolute Gasteiger partial charge is 0.193 e. The lowest BCUT2D eigenvalue weighted by atomic mass is 10.2. The first-order chi connectivity index (χ1) is 10.2. The van der Waals surface area contributed by atoms with Gasteiger partial charge in [0, 0.05) is 44.9 Å². The predicted octanol–water partition coefficient (Wildman–Crippen LogP) is 3.78. The molecule has 22 heavy (non-hydrogen) atoms. The molecule has 0 aromatic heterocycles. The number of halogens is 2. The molecule has 0 amide bonds. The van der Waals surface area contributed by atoms with E-state index in [9.17, 15) is 0 Å². The standard InChI is InChI=1S/C16H26ClN3O.HI/c1-4-18-16(19-11-8-12-21-5-2)20(3)13-14-9-6-7-10-15(14)17;/h6-7,9-10H,4-5,8,11-13H2,1-3H3,(H,18,19);1H. The van der Waals surface area contributed by atoms with Crippen molar-refractivity contribution in [3.8, 4) is 0 Å². The molecule has 0 unspecified atom stereocenters. The molecule has 0 radical (unpaired) electrons. The van der Waals surface area contributed by atoms with Crippen molar-refractivity contribution in [1.82, 2.24) is 10.2 Å². The first kappa shape index (κ1) is 21.5. The minimum Gasteiger partial charge on any atom is -0.382 e. The Morgan fingerprint density at radius 2 is 2.05 bits per heavy atom. The molecular formula is C16H27ClIN3O. The Morgan fingerprint density at radius 1 is 1.32 bits per heavy atom. The molecule has 0 saturated heterocycles. The van der Waals surface area contributed by atoms with Gasteiger partial charge in [-0.3, -0.25) is 4.99 Å². The van der Waals surface area contributed by atoms with Gasteiger partial charge in [0.05, 0.1) is 0 Å². The second-order valence-electron chi connectivity index (χ2n) is 4.73. The minimum absolute atomic E-state index is 0. The average molecular weight is 440 g/mol. The molecule has 0 heterocycles. The van der Waals surface area contributed by atoms with Crippen LogP contribution < -0.4 is 5.32 Å². The zero-order chi connectivity index (χ0) is 15.5. The molecule has 4 nitrogen and oxygen atoms in total. The highest BCUT2D eigenvalue weighted by Crippen LogP contribution is 2.16. The normalized spacial score (nSPS) is 11.0. The van der Waals surface area contributed by atoms with Crippen LogP contribution in [-0.2, 0) is 11.3 Å². The Kier molecular flexibility index (Phi) is 12.6. The Morgan fingerprint density at radius 3 is 2.68 bits per heavy atom. The quantitative estimate of drug-likeness (QED) is 0.290. The Hall–Kier alpha value is -0.530. The number of aliphatic imine (C=N–C) groups is 1. The molecule has 1 aromatic rings. The Labute approximate surface area is 156 Å². The van der Waals surface area contributed by atoms with Crippen LogP contribution in [0.4, 0.5) is 0 Å². The summed E-state index contributed by atoms with van der Waals surface area (Å²) < 4.78 is 5.33. The summed E-state index contributed by atoms with van der Waals surface area (Å²) in [6.07, 6.45) is 0.933. The molecular weight excluding hydrogens is 413 g/mol. The SMILES string of the molecule is CCNC(=NCCCOCC)N(C)Cc1ccccc1Cl.I. The van der Waals surface area contributed by atoms with E-state index in [1.807, 2.05) is 38.2 Å². The van der Waals surface area contributed by atoms with E-state index in [2.05, 4.69) is 22.1 Å². The second kappa shape index (κ2) is 13.0. The lowest BCUT2D eigenvalue weighted by molar-refractivity contribution is 0.146. The van der Waals surface area contributed by atoms with E-state index >= 15 is 0 Å². The second-order valence-corrected chi connectivity index (χ2v) is 5.14. The van der Waals surface area contributed by atoms with Gasteiger partial charge < -0.3 is 15.0 Å². The molecule has 0 aliphatic heterocycles. The van der Waals surface area contributed by atoms with Crippen LogP contribution in [0.5, 0.6) is 0 Å². The van der Waals surface area contributed by atoms with Crippen molar-refractivity contribution in [2.75, 3.05) is 33.4 Å². The van der Waals surface area contributed by atoms with E-state index in [1.165, 1.54) is 0 Å². The van der Waals surface area contributed by atoms with Crippen LogP contribution >= 0.6 is 35.6 Å². The minimum atomic E-state index is 0. The fraction of sp³-hybridized carbons (Fsp3) is 0.562. The van der Waals surface area contributed by atoms with E-state index < -0.39 is 0 Å². The molecule has 1 aromatic carbocycles. The maximum absolute atomic E-state index is 6.21. The number of hydrogen-bond donors (Lipinski definition) is 1. The van der Waals surface area contributed by atoms with Crippen molar-refractivity contribution >= 4 is 41.5 Å². The van der Waals surface area contributed by atoms with E-state index in [0.717, 1.165) is 55.8 Å². The summed E-state index contributed by atoms with van der Waals surface area (Å²) >= 11 is 6.21. The zero-order valence-electron chi connectivity index (χ0n) is 13.6. The molecule has 0 atom stereocenters. The number of guanidine groups is 1. The largest absolute Gasteiger partial charge is 0.382 e. The third-order valence-corrected chi connectivity index (χ3v) is 3.34. The first-order valence-corrected chi connectivity index (χ1v) is 7.87. The van der Waals surface area contributed by atoms with Crippen LogP contribution in [0.15, 0.2) is 29.3 Å². The number of nitrogens with zero attached hydrogens (tertiary/aromatic N) is 2. The number of rotatable bonds is 8. The van der Waals surface area contributed by atoms with Crippen LogP contribution in [-0.4, -0.2) is 44.2 Å². The maximum Gasteiger partial charge on any atom is 0.193 e. The van der Waals surface area contributed by atoms with Crippen LogP contribution in [0.1, 0.15) is 25.8 Å². The van der Waals surface area contributed by atoms with E-state index in [0.29, 0.717) is 0 Å². The summed E-state index contributed by atoms with van der Waals surface area (Å²) in [5.41, 5.74) is 1.10. The molecule has 126 valence electrons. The highest BCUT2D eigenvalue weighted by atomic mass is 127. The van der Waals surface area contributed by atoms with Crippen molar-refractivity contribution in [2.45, 2.75) is 26.8 Å². The fourth-order valence-corrected chi connectivity index (χ4v) is 2.12. The average Bonchev–Trinajstić information content (AvgIpc) is 2.48. The topological polar surface area (TPSA) is 36.9 Å². The first-order valence-electron chi connectivity index (χ1n) is 7.49. The highest BCUT2D eigenvalue weighted by Gasteiger charge is 2.08. The molecule has 6 heteroatoms. The fourth-order valence-electron chi connectivity index (χ4n) is 1.92. The van der Waals surface area contributed by atoms with Gasteiger partial charge in [-0.1, -0.05) is 29.8 Å². The van der Waals surface area contributed by atoms with Gasteiger partial charge in [0.1, 0.15) is 0 Å². The zero-order valence-corrected chi connectivity index (χ0v) is 16.7. The van der Waals surface area contributed by atoms with Crippen molar-refractivity contribution in [3.63, 3.8) is 0 Å². The summed E-state index contributed by atoms with van der Waals surface area (Å²) in [6, 6.07) is 7.90. The van der Waals surface area contributed by atoms with Crippen LogP contribution in [0.2, 0.25) is 5.02 Å². The number of benzene rings is 1. The molecule has 0 aliphatic carbocycles. The number of hydrogen-bond acceptors (Lipinski definition) is 2. The molecule has 0 saturated carbocycles. The molecule has 1 rings (SSSR count). The van der Waals surface area contributed by atoms with Gasteiger partial charge in [-0.05, 0) is 31.9 Å². The van der Waals surface area contributed by atoms with Crippen LogP contribution in [0, 0.1) is 0 Å². The van der Waals surface area contributed by atoms with E-state index in [4.69, 9.17) is 16.3 Å². The lowest BCUT2D eigenvalue weighted by Crippen LogP contribution is -2.38. The van der Waals surface area contributed by atoms with Gasteiger partial charge in [-0.15, -0.1) is 24.0 Å². The van der Waals surface area contributed by atoms with Gasteiger partial charge >= 0.3 is 0 Å². The summed E-state index contributed by atoms with van der Waals surface area (Å²) in [6.45, 7) is 7.93. The van der Waals surface area contributed by atoms with Gasteiger partial charge in [0.25, 0.3) is 0 Å². The van der Waals surface area contributed by atoms with Crippen molar-refractivity contribution < 1.29 is 4.74 Å². The maximum atomic E-state index is 6.21. The van der Waals surface area contributed by atoms with Crippen LogP contribution in [0.25, 0.3) is 0 Å². The summed E-state index contributed by atoms with van der Waals surface area (Å²) in [7, 11) is 2.02. The lowest BCUT2D eigenvalue weighted by Gasteiger charge is -2.22. The molecule has 1 N–H and O–H groups in total. The summed E-state index contributed by atoms with van der Waals surface area (Å²) in [5.74, 6) is 0.897. The van der Waals surface area contributed by atoms with Crippen LogP contribution in [0.3, 0.4) is 0 Å². The third-order valence-electron chi connectivity index (χ3n) is 2.97. The summed E-state index contributed by atoms with van der Waals surface area (Å²) in [5, 5.41) is 4.09. The molecule has 0 aliphatic rings. The van der Waals surface area contributed by atoms with Gasteiger partial charge in [-0.2, -0.15) is 0 Å². The van der Waals surface area contributed by atoms with Crippen molar-refractivity contribution in [2.24, 2.45) is 4.99 Å². The number of ether oxygens (including phenoxy) is 1. The number of nitrogens with one attached hydrogen (secondary N) is 1.